The number of carbonyl (C=O) groups excluding carboxylic acids is 1. The van der Waals surface area contributed by atoms with Crippen LogP contribution in [0, 0.1) is 11.8 Å². The second-order valence-corrected chi connectivity index (χ2v) is 3.80. The Morgan fingerprint density at radius 1 is 0.944 bits per heavy atom. The number of hydrogen-bond acceptors (Lipinski definition) is 2. The Hall–Kier alpha value is -2.53. The Morgan fingerprint density at radius 3 is 2.06 bits per heavy atom. The van der Waals surface area contributed by atoms with Crippen LogP contribution in [0.1, 0.15) is 12.0 Å². The van der Waals surface area contributed by atoms with Crippen molar-refractivity contribution in [3.05, 3.63) is 54.1 Å². The minimum Gasteiger partial charge on any atom is -0.508 e. The van der Waals surface area contributed by atoms with Gasteiger partial charge in [0.05, 0.1) is 6.42 Å². The van der Waals surface area contributed by atoms with E-state index >= 15 is 0 Å². The van der Waals surface area contributed by atoms with Gasteiger partial charge in [-0.25, -0.2) is 0 Å². The molecule has 1 N–H and O–H groups in total. The van der Waals surface area contributed by atoms with E-state index in [0.29, 0.717) is 0 Å². The van der Waals surface area contributed by atoms with Crippen LogP contribution < -0.4 is 0 Å². The van der Waals surface area contributed by atoms with Crippen LogP contribution in [0.4, 0.5) is 0 Å². The van der Waals surface area contributed by atoms with Crippen LogP contribution in [-0.4, -0.2) is 11.4 Å². The normalized spacial score (nSPS) is 9.33. The van der Waals surface area contributed by atoms with Gasteiger partial charge in [-0.1, -0.05) is 36.1 Å². The summed E-state index contributed by atoms with van der Waals surface area (Å²) in [6.07, 6.45) is 1.05. The van der Waals surface area contributed by atoms with E-state index in [2.05, 4.69) is 11.8 Å². The van der Waals surface area contributed by atoms with Crippen LogP contribution in [0.2, 0.25) is 0 Å². The van der Waals surface area contributed by atoms with Crippen molar-refractivity contribution in [3.8, 4) is 28.7 Å². The van der Waals surface area contributed by atoms with Gasteiger partial charge >= 0.3 is 0 Å². The van der Waals surface area contributed by atoms with Crippen molar-refractivity contribution < 1.29 is 9.90 Å². The maximum atomic E-state index is 10.1. The Balaban J connectivity index is 2.20. The van der Waals surface area contributed by atoms with Crippen LogP contribution >= 0.6 is 0 Å². The van der Waals surface area contributed by atoms with E-state index in [4.69, 9.17) is 0 Å². The molecule has 0 atom stereocenters. The second-order valence-electron chi connectivity index (χ2n) is 3.80. The summed E-state index contributed by atoms with van der Waals surface area (Å²) in [4.78, 5) is 10.1. The molecule has 0 amide bonds. The standard InChI is InChI=1S/C16H12O2/c17-12-2-1-3-13-4-6-14(7-5-13)15-8-10-16(18)11-9-15/h4-12,18H,2H2. The highest BCUT2D eigenvalue weighted by atomic mass is 16.3. The molecule has 0 aliphatic rings. The predicted octanol–water partition coefficient (Wildman–Crippen LogP) is 3.00. The van der Waals surface area contributed by atoms with Crippen molar-refractivity contribution in [3.63, 3.8) is 0 Å². The molecule has 2 rings (SSSR count). The van der Waals surface area contributed by atoms with Crippen LogP contribution in [0.25, 0.3) is 11.1 Å². The lowest BCUT2D eigenvalue weighted by Gasteiger charge is -2.01. The minimum absolute atomic E-state index is 0.259. The Morgan fingerprint density at radius 2 is 1.50 bits per heavy atom. The van der Waals surface area contributed by atoms with E-state index in [1.807, 2.05) is 36.4 Å². The van der Waals surface area contributed by atoms with E-state index in [0.717, 1.165) is 23.0 Å². The van der Waals surface area contributed by atoms with Crippen LogP contribution in [-0.2, 0) is 4.79 Å². The quantitative estimate of drug-likeness (QED) is 0.643. The van der Waals surface area contributed by atoms with Gasteiger partial charge in [0.1, 0.15) is 12.0 Å². The van der Waals surface area contributed by atoms with E-state index in [1.165, 1.54) is 0 Å². The van der Waals surface area contributed by atoms with Crippen LogP contribution in [0.5, 0.6) is 5.75 Å². The minimum atomic E-state index is 0.259. The summed E-state index contributed by atoms with van der Waals surface area (Å²) in [7, 11) is 0. The zero-order chi connectivity index (χ0) is 12.8. The van der Waals surface area contributed by atoms with E-state index < -0.39 is 0 Å². The Kier molecular flexibility index (Phi) is 3.78. The number of phenolic OH excluding ortho intramolecular Hbond substituents is 1. The van der Waals surface area contributed by atoms with E-state index in [9.17, 15) is 9.90 Å². The van der Waals surface area contributed by atoms with Crippen molar-refractivity contribution in [2.75, 3.05) is 0 Å². The summed E-state index contributed by atoms with van der Waals surface area (Å²) in [5, 5.41) is 9.22. The van der Waals surface area contributed by atoms with E-state index in [1.54, 1.807) is 12.1 Å². The van der Waals surface area contributed by atoms with Gasteiger partial charge in [-0.05, 0) is 35.4 Å². The van der Waals surface area contributed by atoms with Crippen molar-refractivity contribution in [2.45, 2.75) is 6.42 Å². The summed E-state index contributed by atoms with van der Waals surface area (Å²) in [6, 6.07) is 14.8. The lowest BCUT2D eigenvalue weighted by atomic mass is 10.0. The van der Waals surface area contributed by atoms with Crippen LogP contribution in [0.3, 0.4) is 0 Å². The van der Waals surface area contributed by atoms with Gasteiger partial charge in [-0.15, -0.1) is 0 Å². The third-order valence-electron chi connectivity index (χ3n) is 2.50. The maximum absolute atomic E-state index is 10.1. The molecule has 0 saturated carbocycles. The highest BCUT2D eigenvalue weighted by Gasteiger charge is 1.97. The lowest BCUT2D eigenvalue weighted by molar-refractivity contribution is -0.107. The molecule has 0 fully saturated rings. The second kappa shape index (κ2) is 5.70. The first-order valence-electron chi connectivity index (χ1n) is 5.61. The van der Waals surface area contributed by atoms with Gasteiger partial charge in [0, 0.05) is 5.56 Å². The largest absolute Gasteiger partial charge is 0.508 e. The molecule has 0 aromatic heterocycles. The van der Waals surface area contributed by atoms with Gasteiger partial charge in [0.15, 0.2) is 0 Å². The topological polar surface area (TPSA) is 37.3 Å². The molecule has 0 aliphatic carbocycles. The zero-order valence-corrected chi connectivity index (χ0v) is 9.76. The third kappa shape index (κ3) is 2.99. The third-order valence-corrected chi connectivity index (χ3v) is 2.50. The van der Waals surface area contributed by atoms with Gasteiger partial charge in [-0.3, -0.25) is 0 Å². The number of rotatable bonds is 2. The van der Waals surface area contributed by atoms with Gasteiger partial charge < -0.3 is 9.90 Å². The smallest absolute Gasteiger partial charge is 0.131 e. The van der Waals surface area contributed by atoms with Gasteiger partial charge in [0.2, 0.25) is 0 Å². The SMILES string of the molecule is O=CCC#Cc1ccc(-c2ccc(O)cc2)cc1. The molecular formula is C16H12O2. The fraction of sp³-hybridized carbons (Fsp3) is 0.0625. The molecule has 2 heteroatoms. The molecule has 0 aliphatic heterocycles. The van der Waals surface area contributed by atoms with Crippen molar-refractivity contribution in [2.24, 2.45) is 0 Å². The average molecular weight is 236 g/mol. The molecule has 2 nitrogen and oxygen atoms in total. The van der Waals surface area contributed by atoms with Crippen LogP contribution in [0.15, 0.2) is 48.5 Å². The molecule has 0 bridgehead atoms. The van der Waals surface area contributed by atoms with Gasteiger partial charge in [0.25, 0.3) is 0 Å². The number of aromatic hydroxyl groups is 1. The molecule has 18 heavy (non-hydrogen) atoms. The van der Waals surface area contributed by atoms with E-state index in [-0.39, 0.29) is 12.2 Å². The summed E-state index contributed by atoms with van der Waals surface area (Å²) in [5.41, 5.74) is 3.00. The highest BCUT2D eigenvalue weighted by molar-refractivity contribution is 5.65. The molecule has 0 saturated heterocycles. The van der Waals surface area contributed by atoms with Crippen molar-refractivity contribution >= 4 is 6.29 Å². The average Bonchev–Trinajstić information content (AvgIpc) is 2.41. The maximum Gasteiger partial charge on any atom is 0.131 e. The molecule has 0 unspecified atom stereocenters. The highest BCUT2D eigenvalue weighted by Crippen LogP contribution is 2.21. The first-order chi connectivity index (χ1) is 8.79. The summed E-state index contributed by atoms with van der Waals surface area (Å²) >= 11 is 0. The van der Waals surface area contributed by atoms with Crippen molar-refractivity contribution in [1.82, 2.24) is 0 Å². The summed E-state index contributed by atoms with van der Waals surface area (Å²) < 4.78 is 0. The molecule has 2 aromatic carbocycles. The molecular weight excluding hydrogens is 224 g/mol. The summed E-state index contributed by atoms with van der Waals surface area (Å²) in [6.45, 7) is 0. The molecule has 88 valence electrons. The molecule has 0 heterocycles. The van der Waals surface area contributed by atoms with Crippen molar-refractivity contribution in [1.29, 1.82) is 0 Å². The molecule has 0 radical (unpaired) electrons. The number of phenols is 1. The Labute approximate surface area is 106 Å². The molecule has 2 aromatic rings. The monoisotopic (exact) mass is 236 g/mol. The molecule has 0 spiro atoms. The number of hydrogen-bond donors (Lipinski definition) is 1. The Bertz CT molecular complexity index is 584. The summed E-state index contributed by atoms with van der Waals surface area (Å²) in [5.74, 6) is 5.94. The fourth-order valence-corrected chi connectivity index (χ4v) is 1.59. The first kappa shape index (κ1) is 11.9. The van der Waals surface area contributed by atoms with Gasteiger partial charge in [-0.2, -0.15) is 0 Å². The zero-order valence-electron chi connectivity index (χ0n) is 9.76. The number of aldehydes is 1. The predicted molar refractivity (Wildman–Crippen MR) is 71.1 cm³/mol. The fourth-order valence-electron chi connectivity index (χ4n) is 1.59. The lowest BCUT2D eigenvalue weighted by Crippen LogP contribution is -1.79. The number of carbonyl (C=O) groups is 1. The number of benzene rings is 2. The first-order valence-corrected chi connectivity index (χ1v) is 5.61.